The summed E-state index contributed by atoms with van der Waals surface area (Å²) in [5, 5.41) is 14.1. The van der Waals surface area contributed by atoms with E-state index >= 15 is 0 Å². The summed E-state index contributed by atoms with van der Waals surface area (Å²) < 4.78 is 0. The molecule has 0 atom stereocenters. The average Bonchev–Trinajstić information content (AvgIpc) is 2.99. The topological polar surface area (TPSA) is 42.3 Å². The standard InChI is InChI=1S/3C13H21NP.Sc/c3*1-11(2)15(12(3)4)10-14-13-8-6-5-7-9-13;/h3*5-9,11-12H,10H2,1-4H3;/q3*-1;+3/p+3. The fourth-order valence-electron chi connectivity index (χ4n) is 5.24. The van der Waals surface area contributed by atoms with Gasteiger partial charge in [-0.2, -0.15) is 0 Å². The number of nitrogens with zero attached hydrogens (tertiary/aromatic N) is 3. The van der Waals surface area contributed by atoms with Crippen molar-refractivity contribution in [1.29, 1.82) is 0 Å². The molecule has 0 N–H and O–H groups in total. The molecule has 0 aliphatic heterocycles. The van der Waals surface area contributed by atoms with Gasteiger partial charge in [-0.05, 0) is 126 Å². The maximum atomic E-state index is 4.69. The van der Waals surface area contributed by atoms with Gasteiger partial charge in [0.15, 0.2) is 0 Å². The van der Waals surface area contributed by atoms with Crippen LogP contribution in [0.25, 0.3) is 16.0 Å². The van der Waals surface area contributed by atoms with E-state index in [1.165, 1.54) is 0 Å². The molecule has 0 fully saturated rings. The Labute approximate surface area is 307 Å². The zero-order chi connectivity index (χ0) is 33.8. The fourth-order valence-corrected chi connectivity index (χ4v) is 12.5. The molecule has 0 saturated heterocycles. The van der Waals surface area contributed by atoms with E-state index in [0.29, 0.717) is 0 Å². The van der Waals surface area contributed by atoms with Crippen molar-refractivity contribution in [3.63, 3.8) is 0 Å². The molecule has 0 aliphatic rings. The van der Waals surface area contributed by atoms with E-state index < -0.39 is 0 Å². The van der Waals surface area contributed by atoms with Crippen LogP contribution >= 0.6 is 23.8 Å². The summed E-state index contributed by atoms with van der Waals surface area (Å²) in [6, 6.07) is 30.9. The van der Waals surface area contributed by atoms with Crippen molar-refractivity contribution in [2.75, 3.05) is 18.9 Å². The number of para-hydroxylation sites is 3. The normalized spacial score (nSPS) is 11.2. The first-order valence-electron chi connectivity index (χ1n) is 17.1. The molecule has 0 aliphatic carbocycles. The molecule has 3 aromatic rings. The van der Waals surface area contributed by atoms with E-state index in [0.717, 1.165) is 69.9 Å². The van der Waals surface area contributed by atoms with Gasteiger partial charge < -0.3 is 16.0 Å². The number of hydrogen-bond donors (Lipinski definition) is 0. The monoisotopic (exact) mass is 714 g/mol. The van der Waals surface area contributed by atoms with Gasteiger partial charge in [0.25, 0.3) is 0 Å². The van der Waals surface area contributed by atoms with Crippen molar-refractivity contribution >= 4 is 40.8 Å². The third-order valence-electron chi connectivity index (χ3n) is 8.05. The number of rotatable bonds is 15. The quantitative estimate of drug-likeness (QED) is 0.141. The second kappa shape index (κ2) is 26.1. The largest absolute Gasteiger partial charge is 3.00 e. The summed E-state index contributed by atoms with van der Waals surface area (Å²) >= 11 is 0. The zero-order valence-electron chi connectivity index (χ0n) is 31.2. The molecule has 3 aromatic carbocycles. The summed E-state index contributed by atoms with van der Waals surface area (Å²) in [7, 11) is -1.03. The maximum Gasteiger partial charge on any atom is 3.00 e. The van der Waals surface area contributed by atoms with Crippen molar-refractivity contribution in [1.82, 2.24) is 0 Å². The van der Waals surface area contributed by atoms with Crippen molar-refractivity contribution in [2.24, 2.45) is 0 Å². The van der Waals surface area contributed by atoms with Crippen molar-refractivity contribution in [2.45, 2.75) is 117 Å². The van der Waals surface area contributed by atoms with E-state index in [1.54, 1.807) is 0 Å². The second-order valence-corrected chi connectivity index (χ2v) is 24.9. The van der Waals surface area contributed by atoms with E-state index in [1.807, 2.05) is 18.2 Å². The molecule has 7 heteroatoms. The van der Waals surface area contributed by atoms with Crippen molar-refractivity contribution in [3.05, 3.63) is 107 Å². The summed E-state index contributed by atoms with van der Waals surface area (Å²) in [4.78, 5) is 0. The second-order valence-electron chi connectivity index (χ2n) is 13.6. The molecule has 252 valence electrons. The molecule has 0 aromatic heterocycles. The van der Waals surface area contributed by atoms with E-state index in [-0.39, 0.29) is 49.6 Å². The third-order valence-corrected chi connectivity index (χ3v) is 18.5. The predicted octanol–water partition coefficient (Wildman–Crippen LogP) is 14.0. The van der Waals surface area contributed by atoms with Crippen LogP contribution < -0.4 is 0 Å². The van der Waals surface area contributed by atoms with Gasteiger partial charge in [0.2, 0.25) is 0 Å². The molecule has 0 saturated carbocycles. The molecule has 3 nitrogen and oxygen atoms in total. The van der Waals surface area contributed by atoms with Gasteiger partial charge in [-0.15, -0.1) is 17.1 Å². The summed E-state index contributed by atoms with van der Waals surface area (Å²) in [5.41, 5.74) is 8.23. The Morgan fingerprint density at radius 3 is 0.674 bits per heavy atom. The predicted molar refractivity (Wildman–Crippen MR) is 219 cm³/mol. The smallest absolute Gasteiger partial charge is 0.652 e. The Kier molecular flexibility index (Phi) is 25.7. The minimum Gasteiger partial charge on any atom is -0.652 e. The number of hydrogen-bond acceptors (Lipinski definition) is 0. The van der Waals surface area contributed by atoms with Crippen LogP contribution in [0.2, 0.25) is 0 Å². The third kappa shape index (κ3) is 19.9. The Bertz CT molecular complexity index is 932. The Hall–Kier alpha value is -0.780. The summed E-state index contributed by atoms with van der Waals surface area (Å²) in [5.74, 6) is 0. The Morgan fingerprint density at radius 2 is 0.522 bits per heavy atom. The summed E-state index contributed by atoms with van der Waals surface area (Å²) in [6.45, 7) is 27.9. The minimum atomic E-state index is -0.343. The summed E-state index contributed by atoms with van der Waals surface area (Å²) in [6.07, 6.45) is 3.14. The molecule has 46 heavy (non-hydrogen) atoms. The van der Waals surface area contributed by atoms with Crippen LogP contribution in [0, 0.1) is 0 Å². The van der Waals surface area contributed by atoms with Gasteiger partial charge in [-0.25, -0.2) is 0 Å². The van der Waals surface area contributed by atoms with Gasteiger partial charge in [0.05, 0.1) is 34.0 Å². The van der Waals surface area contributed by atoms with Gasteiger partial charge in [-0.3, -0.25) is 0 Å². The first-order valence-corrected chi connectivity index (χ1v) is 22.7. The van der Waals surface area contributed by atoms with Gasteiger partial charge >= 0.3 is 25.8 Å². The minimum absolute atomic E-state index is 0. The number of benzene rings is 3. The van der Waals surface area contributed by atoms with Gasteiger partial charge in [-0.1, -0.05) is 91.0 Å². The molecular weight excluding hydrogens is 648 g/mol. The molecule has 0 bridgehead atoms. The first-order chi connectivity index (χ1) is 21.3. The molecule has 0 radical (unpaired) electrons. The van der Waals surface area contributed by atoms with Gasteiger partial charge in [0, 0.05) is 0 Å². The Morgan fingerprint density at radius 1 is 0.348 bits per heavy atom. The van der Waals surface area contributed by atoms with Crippen LogP contribution in [-0.4, -0.2) is 52.8 Å². The van der Waals surface area contributed by atoms with Crippen molar-refractivity contribution < 1.29 is 25.8 Å². The Balaban J connectivity index is 0.000000653. The van der Waals surface area contributed by atoms with E-state index in [4.69, 9.17) is 16.0 Å². The van der Waals surface area contributed by atoms with Crippen LogP contribution in [-0.2, 0) is 25.8 Å². The molecular formula is C39H66N3P3Sc+3. The molecule has 0 heterocycles. The van der Waals surface area contributed by atoms with Crippen LogP contribution in [0.5, 0.6) is 0 Å². The van der Waals surface area contributed by atoms with Crippen molar-refractivity contribution in [3.8, 4) is 0 Å². The van der Waals surface area contributed by atoms with Crippen LogP contribution in [0.1, 0.15) is 83.1 Å². The first kappa shape index (κ1) is 45.2. The van der Waals surface area contributed by atoms with E-state index in [9.17, 15) is 0 Å². The van der Waals surface area contributed by atoms with Crippen LogP contribution in [0.4, 0.5) is 17.1 Å². The van der Waals surface area contributed by atoms with Gasteiger partial charge in [0.1, 0.15) is 0 Å². The fraction of sp³-hybridized carbons (Fsp3) is 0.538. The zero-order valence-corrected chi connectivity index (χ0v) is 36.0. The molecule has 0 unspecified atom stereocenters. The van der Waals surface area contributed by atoms with E-state index in [2.05, 4.69) is 156 Å². The molecule has 0 spiro atoms. The maximum absolute atomic E-state index is 4.69. The SMILES string of the molecule is CC(C)[PH+](C[N-]c1ccccc1)C(C)C.CC(C)[PH+](C[N-]c1ccccc1)C(C)C.CC(C)[PH+](C[N-]c1ccccc1)C(C)C.[Sc+3]. The van der Waals surface area contributed by atoms with Crippen LogP contribution in [0.15, 0.2) is 91.0 Å². The molecule has 0 amide bonds. The molecule has 3 rings (SSSR count). The van der Waals surface area contributed by atoms with Crippen LogP contribution in [0.3, 0.4) is 0 Å². The average molecular weight is 715 g/mol.